The van der Waals surface area contributed by atoms with Gasteiger partial charge in [-0.05, 0) is 45.4 Å². The number of carbonyl (C=O) groups is 3. The number of carbonyl (C=O) groups excluding carboxylic acids is 3. The molecule has 1 aromatic carbocycles. The molecule has 0 aliphatic carbocycles. The molecule has 0 unspecified atom stereocenters. The number of hydrogen-bond donors (Lipinski definition) is 1. The monoisotopic (exact) mass is 409 g/mol. The number of methoxy groups -OCH3 is 1. The zero-order valence-electron chi connectivity index (χ0n) is 17.5. The van der Waals surface area contributed by atoms with Crippen LogP contribution in [0.5, 0.6) is 5.75 Å². The van der Waals surface area contributed by atoms with Gasteiger partial charge in [-0.3, -0.25) is 9.59 Å². The number of para-hydroxylation sites is 1. The summed E-state index contributed by atoms with van der Waals surface area (Å²) in [6, 6.07) is 9.22. The van der Waals surface area contributed by atoms with E-state index in [2.05, 4.69) is 10.1 Å². The molecule has 156 valence electrons. The summed E-state index contributed by atoms with van der Waals surface area (Å²) in [6.07, 6.45) is 0.483. The van der Waals surface area contributed by atoms with Gasteiger partial charge in [0, 0.05) is 11.3 Å². The third kappa shape index (κ3) is 3.89. The molecular formula is C22H23N3O5. The van der Waals surface area contributed by atoms with Gasteiger partial charge in [0.25, 0.3) is 0 Å². The Kier molecular flexibility index (Phi) is 5.86. The number of aryl methyl sites for hydroxylation is 1. The summed E-state index contributed by atoms with van der Waals surface area (Å²) >= 11 is 0. The van der Waals surface area contributed by atoms with Crippen molar-refractivity contribution < 1.29 is 23.9 Å². The summed E-state index contributed by atoms with van der Waals surface area (Å²) in [7, 11) is 1.42. The fraction of sp³-hybridized carbons (Fsp3) is 0.273. The van der Waals surface area contributed by atoms with Gasteiger partial charge in [-0.2, -0.15) is 5.10 Å². The van der Waals surface area contributed by atoms with Crippen molar-refractivity contribution >= 4 is 17.5 Å². The highest BCUT2D eigenvalue weighted by Gasteiger charge is 2.28. The van der Waals surface area contributed by atoms with Crippen LogP contribution in [0.25, 0.3) is 5.69 Å². The molecule has 0 saturated carbocycles. The second kappa shape index (κ2) is 8.36. The first-order valence-electron chi connectivity index (χ1n) is 9.39. The number of aromatic nitrogens is 3. The van der Waals surface area contributed by atoms with Crippen LogP contribution >= 0.6 is 0 Å². The topological polar surface area (TPSA) is 103 Å². The lowest BCUT2D eigenvalue weighted by Gasteiger charge is -2.11. The van der Waals surface area contributed by atoms with Crippen LogP contribution in [0.4, 0.5) is 0 Å². The Bertz CT molecular complexity index is 1110. The molecule has 0 saturated heterocycles. The molecule has 3 aromatic rings. The molecule has 8 heteroatoms. The first-order chi connectivity index (χ1) is 14.2. The molecule has 0 amide bonds. The van der Waals surface area contributed by atoms with Crippen molar-refractivity contribution in [3.05, 3.63) is 64.7 Å². The van der Waals surface area contributed by atoms with Gasteiger partial charge in [0.2, 0.25) is 11.5 Å². The number of rotatable bonds is 7. The Morgan fingerprint density at radius 1 is 1.13 bits per heavy atom. The first kappa shape index (κ1) is 21.0. The molecule has 3 rings (SSSR count). The van der Waals surface area contributed by atoms with E-state index in [1.165, 1.54) is 25.6 Å². The van der Waals surface area contributed by atoms with E-state index < -0.39 is 17.9 Å². The van der Waals surface area contributed by atoms with Crippen LogP contribution in [0, 0.1) is 13.8 Å². The van der Waals surface area contributed by atoms with Gasteiger partial charge in [0.05, 0.1) is 24.7 Å². The molecule has 1 atom stereocenters. The third-order valence-electron chi connectivity index (χ3n) is 4.80. The molecule has 2 aromatic heterocycles. The average molecular weight is 409 g/mol. The number of H-pyrrole nitrogens is 1. The van der Waals surface area contributed by atoms with E-state index in [-0.39, 0.29) is 22.9 Å². The van der Waals surface area contributed by atoms with Gasteiger partial charge in [-0.1, -0.05) is 18.2 Å². The highest BCUT2D eigenvalue weighted by molar-refractivity contribution is 6.05. The van der Waals surface area contributed by atoms with Crippen molar-refractivity contribution in [1.29, 1.82) is 0 Å². The number of nitrogens with zero attached hydrogens (tertiary/aromatic N) is 2. The molecule has 0 fully saturated rings. The SMILES string of the molecule is COc1cn(-c2ccccc2)nc1C(=O)O[C@H](C)C(=O)c1[nH]c(C)c(C(C)=O)c1C. The number of ketones is 2. The van der Waals surface area contributed by atoms with Crippen LogP contribution in [0.2, 0.25) is 0 Å². The molecule has 0 bridgehead atoms. The van der Waals surface area contributed by atoms with Gasteiger partial charge in [-0.25, -0.2) is 9.48 Å². The predicted molar refractivity (Wildman–Crippen MR) is 110 cm³/mol. The van der Waals surface area contributed by atoms with E-state index in [1.54, 1.807) is 20.0 Å². The van der Waals surface area contributed by atoms with E-state index in [9.17, 15) is 14.4 Å². The van der Waals surface area contributed by atoms with Crippen LogP contribution in [0.1, 0.15) is 56.4 Å². The van der Waals surface area contributed by atoms with Gasteiger partial charge < -0.3 is 14.5 Å². The van der Waals surface area contributed by atoms with E-state index in [0.29, 0.717) is 16.8 Å². The lowest BCUT2D eigenvalue weighted by Crippen LogP contribution is -2.26. The van der Waals surface area contributed by atoms with E-state index in [1.807, 2.05) is 30.3 Å². The second-order valence-corrected chi connectivity index (χ2v) is 6.92. The number of esters is 1. The number of hydrogen-bond acceptors (Lipinski definition) is 6. The third-order valence-corrected chi connectivity index (χ3v) is 4.80. The minimum absolute atomic E-state index is 0.0372. The maximum atomic E-state index is 12.8. The lowest BCUT2D eigenvalue weighted by molar-refractivity contribution is 0.0308. The molecular weight excluding hydrogens is 386 g/mol. The number of Topliss-reactive ketones (excluding diaryl/α,β-unsaturated/α-hetero) is 2. The Morgan fingerprint density at radius 2 is 1.80 bits per heavy atom. The highest BCUT2D eigenvalue weighted by atomic mass is 16.5. The largest absolute Gasteiger partial charge is 0.493 e. The quantitative estimate of drug-likeness (QED) is 0.473. The van der Waals surface area contributed by atoms with Crippen LogP contribution in [-0.2, 0) is 4.74 Å². The van der Waals surface area contributed by atoms with Gasteiger partial charge >= 0.3 is 5.97 Å². The summed E-state index contributed by atoms with van der Waals surface area (Å²) in [4.78, 5) is 40.2. The van der Waals surface area contributed by atoms with Crippen LogP contribution in [0.3, 0.4) is 0 Å². The van der Waals surface area contributed by atoms with E-state index >= 15 is 0 Å². The summed E-state index contributed by atoms with van der Waals surface area (Å²) in [5.74, 6) is -1.12. The van der Waals surface area contributed by atoms with Crippen molar-refractivity contribution in [2.45, 2.75) is 33.8 Å². The van der Waals surface area contributed by atoms with Crippen LogP contribution in [-0.4, -0.2) is 45.5 Å². The average Bonchev–Trinajstić information content (AvgIpc) is 3.28. The van der Waals surface area contributed by atoms with Crippen molar-refractivity contribution in [2.75, 3.05) is 7.11 Å². The zero-order chi connectivity index (χ0) is 22.0. The zero-order valence-corrected chi connectivity index (χ0v) is 17.5. The smallest absolute Gasteiger partial charge is 0.363 e. The first-order valence-corrected chi connectivity index (χ1v) is 9.39. The molecule has 8 nitrogen and oxygen atoms in total. The molecule has 0 aliphatic heterocycles. The molecule has 0 aliphatic rings. The summed E-state index contributed by atoms with van der Waals surface area (Å²) in [6.45, 7) is 6.32. The maximum Gasteiger partial charge on any atom is 0.363 e. The fourth-order valence-electron chi connectivity index (χ4n) is 3.36. The normalized spacial score (nSPS) is 11.8. The van der Waals surface area contributed by atoms with Gasteiger partial charge in [0.1, 0.15) is 0 Å². The van der Waals surface area contributed by atoms with Crippen LogP contribution < -0.4 is 4.74 Å². The second-order valence-electron chi connectivity index (χ2n) is 6.92. The Hall–Kier alpha value is -3.68. The molecule has 2 heterocycles. The van der Waals surface area contributed by atoms with E-state index in [4.69, 9.17) is 9.47 Å². The number of benzene rings is 1. The Labute approximate surface area is 173 Å². The van der Waals surface area contributed by atoms with E-state index in [0.717, 1.165) is 5.69 Å². The maximum absolute atomic E-state index is 12.8. The highest BCUT2D eigenvalue weighted by Crippen LogP contribution is 2.23. The minimum atomic E-state index is -1.08. The predicted octanol–water partition coefficient (Wildman–Crippen LogP) is 3.46. The van der Waals surface area contributed by atoms with Crippen molar-refractivity contribution in [3.63, 3.8) is 0 Å². The lowest BCUT2D eigenvalue weighted by atomic mass is 10.0. The van der Waals surface area contributed by atoms with Gasteiger partial charge in [0.15, 0.2) is 17.6 Å². The van der Waals surface area contributed by atoms with Crippen molar-refractivity contribution in [2.24, 2.45) is 0 Å². The minimum Gasteiger partial charge on any atom is -0.493 e. The standard InChI is InChI=1S/C22H23N3O5/c1-12-18(14(3)26)13(2)23-19(12)21(27)15(4)30-22(28)20-17(29-5)11-25(24-20)16-9-7-6-8-10-16/h6-11,15,23H,1-5H3/t15-/m1/s1. The van der Waals surface area contributed by atoms with Crippen LogP contribution in [0.15, 0.2) is 36.5 Å². The molecule has 0 spiro atoms. The number of nitrogens with one attached hydrogen (secondary N) is 1. The Morgan fingerprint density at radius 3 is 2.37 bits per heavy atom. The summed E-state index contributed by atoms with van der Waals surface area (Å²) in [5, 5.41) is 4.25. The fourth-order valence-corrected chi connectivity index (χ4v) is 3.36. The molecule has 1 N–H and O–H groups in total. The Balaban J connectivity index is 1.82. The molecule has 30 heavy (non-hydrogen) atoms. The molecule has 0 radical (unpaired) electrons. The summed E-state index contributed by atoms with van der Waals surface area (Å²) < 4.78 is 12.1. The van der Waals surface area contributed by atoms with Gasteiger partial charge in [-0.15, -0.1) is 0 Å². The number of ether oxygens (including phenoxy) is 2. The van der Waals surface area contributed by atoms with Crippen molar-refractivity contribution in [3.8, 4) is 11.4 Å². The summed E-state index contributed by atoms with van der Waals surface area (Å²) in [5.41, 5.74) is 2.57. The van der Waals surface area contributed by atoms with Crippen molar-refractivity contribution in [1.82, 2.24) is 14.8 Å². The number of aromatic amines is 1.